The number of piperidine rings is 3. The lowest BCUT2D eigenvalue weighted by molar-refractivity contribution is -0.0243. The molecule has 3 aliphatic rings. The second kappa shape index (κ2) is 5.81. The Labute approximate surface area is 146 Å². The maximum atomic E-state index is 13.1. The van der Waals surface area contributed by atoms with Crippen molar-refractivity contribution in [3.8, 4) is 0 Å². The zero-order valence-electron chi connectivity index (χ0n) is 13.9. The number of carbonyl (C=O) groups excluding carboxylic acids is 1. The van der Waals surface area contributed by atoms with Gasteiger partial charge in [0.1, 0.15) is 0 Å². The lowest BCUT2D eigenvalue weighted by Crippen LogP contribution is -2.59. The summed E-state index contributed by atoms with van der Waals surface area (Å²) in [6, 6.07) is 6.66. The summed E-state index contributed by atoms with van der Waals surface area (Å²) in [5.41, 5.74) is 3.67. The third-order valence-electron chi connectivity index (χ3n) is 6.14. The number of thiazole rings is 1. The van der Waals surface area contributed by atoms with E-state index >= 15 is 0 Å². The minimum absolute atomic E-state index is 0.212. The van der Waals surface area contributed by atoms with Gasteiger partial charge in [-0.1, -0.05) is 6.42 Å². The van der Waals surface area contributed by atoms with E-state index in [1.54, 1.807) is 11.3 Å². The average Bonchev–Trinajstić information content (AvgIpc) is 3.08. The monoisotopic (exact) mass is 341 g/mol. The Morgan fingerprint density at radius 2 is 2.17 bits per heavy atom. The summed E-state index contributed by atoms with van der Waals surface area (Å²) in [5, 5.41) is 0. The third-order valence-corrected chi connectivity index (χ3v) is 6.93. The first-order valence-corrected chi connectivity index (χ1v) is 10.0. The Balaban J connectivity index is 1.38. The Hall–Kier alpha value is -1.46. The van der Waals surface area contributed by atoms with Gasteiger partial charge in [0.15, 0.2) is 0 Å². The fraction of sp³-hybridized carbons (Fsp3) is 0.579. The Morgan fingerprint density at radius 1 is 1.21 bits per heavy atom. The number of nitrogens with zero attached hydrogens (tertiary/aromatic N) is 3. The van der Waals surface area contributed by atoms with Crippen molar-refractivity contribution in [3.63, 3.8) is 0 Å². The molecule has 0 saturated carbocycles. The fourth-order valence-corrected chi connectivity index (χ4v) is 5.82. The fourth-order valence-electron chi connectivity index (χ4n) is 5.10. The highest BCUT2D eigenvalue weighted by Crippen LogP contribution is 2.37. The topological polar surface area (TPSA) is 36.4 Å². The molecule has 1 aromatic heterocycles. The smallest absolute Gasteiger partial charge is 0.253 e. The first-order chi connectivity index (χ1) is 11.8. The number of likely N-dealkylation sites (tertiary alicyclic amines) is 1. The molecule has 4 nitrogen and oxygen atoms in total. The lowest BCUT2D eigenvalue weighted by atomic mass is 9.76. The van der Waals surface area contributed by atoms with Gasteiger partial charge in [-0.25, -0.2) is 4.98 Å². The Kier molecular flexibility index (Phi) is 3.60. The highest BCUT2D eigenvalue weighted by molar-refractivity contribution is 7.16. The number of rotatable bonds is 1. The van der Waals surface area contributed by atoms with Crippen LogP contribution in [0.3, 0.4) is 0 Å². The number of carbonyl (C=O) groups is 1. The van der Waals surface area contributed by atoms with Crippen molar-refractivity contribution >= 4 is 27.5 Å². The molecule has 1 amide bonds. The first-order valence-electron chi connectivity index (χ1n) is 9.14. The second-order valence-corrected chi connectivity index (χ2v) is 8.55. The SMILES string of the molecule is O=C(c1ccc2ncsc2c1)N1C[C@@H]2C[C@H](C1)[C@@H]1CCCCN1C2. The van der Waals surface area contributed by atoms with E-state index in [0.29, 0.717) is 11.8 Å². The molecule has 0 unspecified atom stereocenters. The molecule has 24 heavy (non-hydrogen) atoms. The van der Waals surface area contributed by atoms with E-state index in [1.165, 1.54) is 38.8 Å². The summed E-state index contributed by atoms with van der Waals surface area (Å²) < 4.78 is 1.11. The van der Waals surface area contributed by atoms with Crippen molar-refractivity contribution in [3.05, 3.63) is 29.3 Å². The normalized spacial score (nSPS) is 30.3. The Bertz CT molecular complexity index is 773. The van der Waals surface area contributed by atoms with Crippen LogP contribution in [0.4, 0.5) is 0 Å². The maximum Gasteiger partial charge on any atom is 0.253 e. The molecular formula is C19H23N3OS. The molecule has 4 heterocycles. The highest BCUT2D eigenvalue weighted by atomic mass is 32.1. The van der Waals surface area contributed by atoms with Crippen LogP contribution in [0.2, 0.25) is 0 Å². The maximum absolute atomic E-state index is 13.1. The van der Waals surface area contributed by atoms with Crippen LogP contribution in [0.1, 0.15) is 36.0 Å². The Morgan fingerprint density at radius 3 is 3.12 bits per heavy atom. The molecule has 0 N–H and O–H groups in total. The number of aromatic nitrogens is 1. The van der Waals surface area contributed by atoms with Crippen molar-refractivity contribution < 1.29 is 4.79 Å². The van der Waals surface area contributed by atoms with Gasteiger partial charge in [0, 0.05) is 31.2 Å². The molecule has 5 heteroatoms. The molecule has 3 atom stereocenters. The molecular weight excluding hydrogens is 318 g/mol. The van der Waals surface area contributed by atoms with Crippen molar-refractivity contribution in [2.75, 3.05) is 26.2 Å². The summed E-state index contributed by atoms with van der Waals surface area (Å²) in [6.07, 6.45) is 5.36. The highest BCUT2D eigenvalue weighted by Gasteiger charge is 2.42. The van der Waals surface area contributed by atoms with Gasteiger partial charge in [-0.15, -0.1) is 11.3 Å². The van der Waals surface area contributed by atoms with E-state index in [9.17, 15) is 4.79 Å². The molecule has 5 rings (SSSR count). The predicted molar refractivity (Wildman–Crippen MR) is 96.3 cm³/mol. The predicted octanol–water partition coefficient (Wildman–Crippen LogP) is 3.24. The molecule has 3 aliphatic heterocycles. The van der Waals surface area contributed by atoms with E-state index < -0.39 is 0 Å². The summed E-state index contributed by atoms with van der Waals surface area (Å²) in [6.45, 7) is 4.34. The van der Waals surface area contributed by atoms with Crippen LogP contribution in [0.25, 0.3) is 10.2 Å². The van der Waals surface area contributed by atoms with Crippen LogP contribution in [0.15, 0.2) is 23.7 Å². The molecule has 3 saturated heterocycles. The number of hydrogen-bond acceptors (Lipinski definition) is 4. The minimum Gasteiger partial charge on any atom is -0.338 e. The molecule has 0 spiro atoms. The molecule has 2 aromatic rings. The molecule has 0 radical (unpaired) electrons. The quantitative estimate of drug-likeness (QED) is 0.799. The van der Waals surface area contributed by atoms with Gasteiger partial charge in [0.2, 0.25) is 0 Å². The van der Waals surface area contributed by atoms with Gasteiger partial charge in [-0.2, -0.15) is 0 Å². The van der Waals surface area contributed by atoms with Gasteiger partial charge in [-0.3, -0.25) is 9.69 Å². The van der Waals surface area contributed by atoms with Crippen LogP contribution < -0.4 is 0 Å². The van der Waals surface area contributed by atoms with Gasteiger partial charge in [-0.05, 0) is 55.8 Å². The molecule has 1 aromatic carbocycles. The number of hydrogen-bond donors (Lipinski definition) is 0. The minimum atomic E-state index is 0.212. The van der Waals surface area contributed by atoms with Crippen molar-refractivity contribution in [2.24, 2.45) is 11.8 Å². The van der Waals surface area contributed by atoms with Gasteiger partial charge in [0.25, 0.3) is 5.91 Å². The van der Waals surface area contributed by atoms with E-state index in [1.807, 2.05) is 23.7 Å². The largest absolute Gasteiger partial charge is 0.338 e. The molecule has 0 aliphatic carbocycles. The number of fused-ring (bicyclic) bond motifs is 5. The summed E-state index contributed by atoms with van der Waals surface area (Å²) in [7, 11) is 0. The van der Waals surface area contributed by atoms with Crippen molar-refractivity contribution in [2.45, 2.75) is 31.7 Å². The average molecular weight is 341 g/mol. The zero-order chi connectivity index (χ0) is 16.1. The van der Waals surface area contributed by atoms with Crippen molar-refractivity contribution in [1.82, 2.24) is 14.8 Å². The van der Waals surface area contributed by atoms with E-state index in [-0.39, 0.29) is 5.91 Å². The van der Waals surface area contributed by atoms with Gasteiger partial charge < -0.3 is 4.90 Å². The van der Waals surface area contributed by atoms with Crippen molar-refractivity contribution in [1.29, 1.82) is 0 Å². The van der Waals surface area contributed by atoms with Crippen LogP contribution in [0, 0.1) is 11.8 Å². The van der Waals surface area contributed by atoms with Crippen LogP contribution >= 0.6 is 11.3 Å². The third kappa shape index (κ3) is 2.45. The van der Waals surface area contributed by atoms with Gasteiger partial charge in [0.05, 0.1) is 15.7 Å². The van der Waals surface area contributed by atoms with Crippen LogP contribution in [-0.2, 0) is 0 Å². The van der Waals surface area contributed by atoms with Gasteiger partial charge >= 0.3 is 0 Å². The summed E-state index contributed by atoms with van der Waals surface area (Å²) >= 11 is 1.61. The molecule has 3 fully saturated rings. The van der Waals surface area contributed by atoms with E-state index in [0.717, 1.165) is 34.9 Å². The molecule has 2 bridgehead atoms. The number of amides is 1. The second-order valence-electron chi connectivity index (χ2n) is 7.66. The van der Waals surface area contributed by atoms with E-state index in [2.05, 4.69) is 14.8 Å². The van der Waals surface area contributed by atoms with Crippen LogP contribution in [0.5, 0.6) is 0 Å². The van der Waals surface area contributed by atoms with E-state index in [4.69, 9.17) is 0 Å². The first kappa shape index (κ1) is 14.8. The zero-order valence-corrected chi connectivity index (χ0v) is 14.7. The standard InChI is InChI=1S/C19H23N3OS/c23-19(14-4-5-16-18(8-14)24-12-20-16)22-10-13-7-15(11-22)17-3-1-2-6-21(17)9-13/h4-5,8,12-13,15,17H,1-3,6-7,9-11H2/t13-,15-,17+/m1/s1. The number of benzene rings is 1. The summed E-state index contributed by atoms with van der Waals surface area (Å²) in [4.78, 5) is 22.2. The lowest BCUT2D eigenvalue weighted by Gasteiger charge is -2.52. The van der Waals surface area contributed by atoms with Crippen LogP contribution in [-0.4, -0.2) is 52.9 Å². The summed E-state index contributed by atoms with van der Waals surface area (Å²) in [5.74, 6) is 1.55. The molecule has 126 valence electrons.